The quantitative estimate of drug-likeness (QED) is 0.653. The van der Waals surface area contributed by atoms with Gasteiger partial charge in [0, 0.05) is 12.6 Å². The molecule has 1 amide bonds. The van der Waals surface area contributed by atoms with Gasteiger partial charge in [-0.15, -0.1) is 0 Å². The summed E-state index contributed by atoms with van der Waals surface area (Å²) in [7, 11) is 1.46. The number of para-hydroxylation sites is 1. The molecule has 1 aliphatic heterocycles. The first-order valence-electron chi connectivity index (χ1n) is 4.57. The summed E-state index contributed by atoms with van der Waals surface area (Å²) in [5.41, 5.74) is -1.89. The molecule has 0 spiro atoms. The number of likely N-dealkylation sites (N-methyl/N-ethyl adjacent to an activating group) is 1. The van der Waals surface area contributed by atoms with E-state index in [1.165, 1.54) is 18.0 Å². The second kappa shape index (κ2) is 2.89. The molecule has 1 atom stereocenters. The van der Waals surface area contributed by atoms with E-state index in [1.807, 2.05) is 0 Å². The summed E-state index contributed by atoms with van der Waals surface area (Å²) in [6, 6.07) is 6.41. The monoisotopic (exact) mass is 207 g/mol. The summed E-state index contributed by atoms with van der Waals surface area (Å²) in [5.74, 6) is -1.58. The number of hydrogen-bond acceptors (Lipinski definition) is 2. The molecule has 0 radical (unpaired) electrons. The normalized spacial score (nSPS) is 24.2. The van der Waals surface area contributed by atoms with Crippen molar-refractivity contribution < 1.29 is 14.0 Å². The third-order valence-electron chi connectivity index (χ3n) is 2.72. The molecule has 1 aliphatic rings. The Balaban J connectivity index is 2.71. The fourth-order valence-corrected chi connectivity index (χ4v) is 1.85. The van der Waals surface area contributed by atoms with Crippen molar-refractivity contribution >= 4 is 17.4 Å². The summed E-state index contributed by atoms with van der Waals surface area (Å²) in [4.78, 5) is 24.1. The first-order chi connectivity index (χ1) is 6.99. The summed E-state index contributed by atoms with van der Waals surface area (Å²) < 4.78 is 14.3. The number of alkyl halides is 1. The Kier molecular flexibility index (Phi) is 1.89. The van der Waals surface area contributed by atoms with Crippen LogP contribution in [0.5, 0.6) is 0 Å². The van der Waals surface area contributed by atoms with E-state index in [2.05, 4.69) is 0 Å². The van der Waals surface area contributed by atoms with E-state index in [0.29, 0.717) is 5.69 Å². The number of carbonyl (C=O) groups excluding carboxylic acids is 2. The van der Waals surface area contributed by atoms with Crippen molar-refractivity contribution in [1.82, 2.24) is 0 Å². The number of nitrogens with zero attached hydrogens (tertiary/aromatic N) is 1. The molecule has 1 aromatic rings. The zero-order valence-electron chi connectivity index (χ0n) is 8.45. The van der Waals surface area contributed by atoms with E-state index in [1.54, 1.807) is 18.2 Å². The highest BCUT2D eigenvalue weighted by Crippen LogP contribution is 2.42. The molecule has 0 aliphatic carbocycles. The van der Waals surface area contributed by atoms with Gasteiger partial charge < -0.3 is 4.90 Å². The first kappa shape index (κ1) is 9.83. The number of halogens is 1. The van der Waals surface area contributed by atoms with Gasteiger partial charge in [0.15, 0.2) is 5.78 Å². The van der Waals surface area contributed by atoms with Crippen molar-refractivity contribution in [2.24, 2.45) is 0 Å². The first-order valence-corrected chi connectivity index (χ1v) is 4.57. The average molecular weight is 207 g/mol. The molecule has 1 aromatic carbocycles. The molecule has 3 nitrogen and oxygen atoms in total. The Hall–Kier alpha value is -1.71. The summed E-state index contributed by atoms with van der Waals surface area (Å²) in [5, 5.41) is 0. The smallest absolute Gasteiger partial charge is 0.277 e. The molecule has 1 heterocycles. The maximum atomic E-state index is 14.3. The minimum absolute atomic E-state index is 0.144. The van der Waals surface area contributed by atoms with Gasteiger partial charge in [0.05, 0.1) is 5.69 Å². The van der Waals surface area contributed by atoms with E-state index in [9.17, 15) is 14.0 Å². The molecule has 0 saturated heterocycles. The van der Waals surface area contributed by atoms with Crippen LogP contribution in [-0.4, -0.2) is 18.7 Å². The fourth-order valence-electron chi connectivity index (χ4n) is 1.85. The van der Waals surface area contributed by atoms with Crippen molar-refractivity contribution in [3.05, 3.63) is 29.8 Å². The summed E-state index contributed by atoms with van der Waals surface area (Å²) in [6.07, 6.45) is 0. The van der Waals surface area contributed by atoms with Gasteiger partial charge in [-0.2, -0.15) is 0 Å². The Morgan fingerprint density at radius 3 is 2.60 bits per heavy atom. The van der Waals surface area contributed by atoms with Crippen LogP contribution in [0.25, 0.3) is 0 Å². The van der Waals surface area contributed by atoms with Crippen LogP contribution in [0.3, 0.4) is 0 Å². The van der Waals surface area contributed by atoms with Crippen molar-refractivity contribution in [2.45, 2.75) is 12.6 Å². The third-order valence-corrected chi connectivity index (χ3v) is 2.72. The molecule has 0 bridgehead atoms. The van der Waals surface area contributed by atoms with Gasteiger partial charge in [-0.3, -0.25) is 9.59 Å². The lowest BCUT2D eigenvalue weighted by molar-refractivity contribution is -0.140. The average Bonchev–Trinajstić information content (AvgIpc) is 2.43. The third kappa shape index (κ3) is 1.04. The number of fused-ring (bicyclic) bond motifs is 1. The number of benzene rings is 1. The van der Waals surface area contributed by atoms with Crippen LogP contribution < -0.4 is 4.90 Å². The highest BCUT2D eigenvalue weighted by molar-refractivity contribution is 6.19. The highest BCUT2D eigenvalue weighted by atomic mass is 19.1. The van der Waals surface area contributed by atoms with E-state index in [4.69, 9.17) is 0 Å². The van der Waals surface area contributed by atoms with Crippen molar-refractivity contribution in [1.29, 1.82) is 0 Å². The molecule has 4 heteroatoms. The van der Waals surface area contributed by atoms with Gasteiger partial charge in [0.25, 0.3) is 11.6 Å². The number of ketones is 1. The van der Waals surface area contributed by atoms with E-state index < -0.39 is 17.4 Å². The standard InChI is InChI=1S/C11H10FNO2/c1-7(14)11(12)8-5-3-4-6-9(8)13(2)10(11)15/h3-6H,1-2H3. The van der Waals surface area contributed by atoms with E-state index >= 15 is 0 Å². The minimum atomic E-state index is -2.49. The van der Waals surface area contributed by atoms with E-state index in [0.717, 1.165) is 6.92 Å². The zero-order chi connectivity index (χ0) is 11.2. The predicted octanol–water partition coefficient (Wildman–Crippen LogP) is 1.42. The van der Waals surface area contributed by atoms with Crippen LogP contribution in [0.1, 0.15) is 12.5 Å². The molecular formula is C11H10FNO2. The molecule has 0 aromatic heterocycles. The van der Waals surface area contributed by atoms with Gasteiger partial charge in [-0.1, -0.05) is 18.2 Å². The summed E-state index contributed by atoms with van der Waals surface area (Å²) in [6.45, 7) is 1.09. The molecule has 15 heavy (non-hydrogen) atoms. The number of anilines is 1. The lowest BCUT2D eigenvalue weighted by Crippen LogP contribution is -2.40. The van der Waals surface area contributed by atoms with Crippen LogP contribution in [0, 0.1) is 0 Å². The van der Waals surface area contributed by atoms with Crippen LogP contribution in [0.4, 0.5) is 10.1 Å². The fraction of sp³-hybridized carbons (Fsp3) is 0.273. The number of amides is 1. The number of carbonyl (C=O) groups is 2. The lowest BCUT2D eigenvalue weighted by Gasteiger charge is -2.14. The molecule has 0 saturated carbocycles. The largest absolute Gasteiger partial charge is 0.312 e. The van der Waals surface area contributed by atoms with Gasteiger partial charge in [0.2, 0.25) is 0 Å². The lowest BCUT2D eigenvalue weighted by atomic mass is 9.94. The molecule has 1 unspecified atom stereocenters. The molecule has 78 valence electrons. The molecule has 2 rings (SSSR count). The number of hydrogen-bond donors (Lipinski definition) is 0. The Morgan fingerprint density at radius 1 is 1.40 bits per heavy atom. The van der Waals surface area contributed by atoms with Crippen molar-refractivity contribution in [3.8, 4) is 0 Å². The van der Waals surface area contributed by atoms with Crippen LogP contribution >= 0.6 is 0 Å². The van der Waals surface area contributed by atoms with Gasteiger partial charge in [0.1, 0.15) is 0 Å². The Labute approximate surface area is 86.5 Å². The van der Waals surface area contributed by atoms with Crippen LogP contribution in [0.15, 0.2) is 24.3 Å². The van der Waals surface area contributed by atoms with Gasteiger partial charge >= 0.3 is 0 Å². The van der Waals surface area contributed by atoms with Crippen molar-refractivity contribution in [2.75, 3.05) is 11.9 Å². The Morgan fingerprint density at radius 2 is 2.00 bits per heavy atom. The number of Topliss-reactive ketones (excluding diaryl/α,β-unsaturated/α-hetero) is 1. The minimum Gasteiger partial charge on any atom is -0.312 e. The second-order valence-corrected chi connectivity index (χ2v) is 3.60. The van der Waals surface area contributed by atoms with Crippen LogP contribution in [-0.2, 0) is 15.3 Å². The maximum Gasteiger partial charge on any atom is 0.277 e. The molecule has 0 N–H and O–H groups in total. The molecular weight excluding hydrogens is 197 g/mol. The second-order valence-electron chi connectivity index (χ2n) is 3.60. The van der Waals surface area contributed by atoms with E-state index in [-0.39, 0.29) is 5.56 Å². The van der Waals surface area contributed by atoms with Crippen molar-refractivity contribution in [3.63, 3.8) is 0 Å². The zero-order valence-corrected chi connectivity index (χ0v) is 8.45. The van der Waals surface area contributed by atoms with Gasteiger partial charge in [-0.25, -0.2) is 4.39 Å². The topological polar surface area (TPSA) is 37.4 Å². The molecule has 0 fully saturated rings. The highest BCUT2D eigenvalue weighted by Gasteiger charge is 2.54. The predicted molar refractivity (Wildman–Crippen MR) is 53.3 cm³/mol. The van der Waals surface area contributed by atoms with Crippen LogP contribution in [0.2, 0.25) is 0 Å². The summed E-state index contributed by atoms with van der Waals surface area (Å²) >= 11 is 0. The van der Waals surface area contributed by atoms with Gasteiger partial charge in [-0.05, 0) is 13.0 Å². The Bertz CT molecular complexity index is 458. The SMILES string of the molecule is CC(=O)C1(F)C(=O)N(C)c2ccccc21. The maximum absolute atomic E-state index is 14.3. The number of rotatable bonds is 1.